The Morgan fingerprint density at radius 1 is 0.892 bits per heavy atom. The zero-order valence-electron chi connectivity index (χ0n) is 24.8. The van der Waals surface area contributed by atoms with Crippen LogP contribution in [0.25, 0.3) is 0 Å². The van der Waals surface area contributed by atoms with Gasteiger partial charge in [0.2, 0.25) is 0 Å². The van der Waals surface area contributed by atoms with E-state index in [1.165, 1.54) is 70.6 Å². The molecule has 1 aliphatic rings. The van der Waals surface area contributed by atoms with Gasteiger partial charge in [-0.15, -0.1) is 0 Å². The Hall–Kier alpha value is -0.460. The number of hydrogen-bond donors (Lipinski definition) is 1. The van der Waals surface area contributed by atoms with E-state index in [0.717, 1.165) is 25.7 Å². The number of rotatable bonds is 23. The molecule has 0 saturated heterocycles. The molecule has 0 radical (unpaired) electrons. The fraction of sp³-hybridized carbons (Fsp3) is 0.966. The maximum Gasteiger partial charge on any atom is 0.472 e. The minimum absolute atomic E-state index is 0.120. The van der Waals surface area contributed by atoms with Crippen molar-refractivity contribution in [1.82, 2.24) is 0 Å². The van der Waals surface area contributed by atoms with Crippen molar-refractivity contribution in [3.63, 3.8) is 0 Å². The van der Waals surface area contributed by atoms with Crippen LogP contribution in [-0.4, -0.2) is 62.4 Å². The molecule has 37 heavy (non-hydrogen) atoms. The molecule has 1 rings (SSSR count). The highest BCUT2D eigenvalue weighted by Crippen LogP contribution is 2.54. The van der Waals surface area contributed by atoms with E-state index in [4.69, 9.17) is 13.8 Å². The summed E-state index contributed by atoms with van der Waals surface area (Å²) in [5, 5.41) is 0. The number of nitrogens with zero attached hydrogens (tertiary/aromatic N) is 1. The second kappa shape index (κ2) is 18.8. The second-order valence-corrected chi connectivity index (χ2v) is 13.4. The highest BCUT2D eigenvalue weighted by molar-refractivity contribution is 7.47. The van der Waals surface area contributed by atoms with E-state index in [2.05, 4.69) is 6.92 Å². The van der Waals surface area contributed by atoms with Crippen molar-refractivity contribution in [3.05, 3.63) is 0 Å². The first-order chi connectivity index (χ1) is 17.6. The summed E-state index contributed by atoms with van der Waals surface area (Å²) < 4.78 is 29.6. The van der Waals surface area contributed by atoms with Gasteiger partial charge in [-0.05, 0) is 32.6 Å². The van der Waals surface area contributed by atoms with Crippen molar-refractivity contribution in [3.8, 4) is 0 Å². The van der Waals surface area contributed by atoms with Gasteiger partial charge < -0.3 is 14.1 Å². The van der Waals surface area contributed by atoms with E-state index < -0.39 is 19.3 Å². The zero-order chi connectivity index (χ0) is 27.6. The van der Waals surface area contributed by atoms with Crippen LogP contribution in [0.15, 0.2) is 0 Å². The highest BCUT2D eigenvalue weighted by atomic mass is 31.2. The number of phosphoric ester groups is 1. The Kier molecular flexibility index (Phi) is 17.5. The minimum Gasteiger partial charge on any atom is -0.465 e. The van der Waals surface area contributed by atoms with Gasteiger partial charge in [-0.1, -0.05) is 96.8 Å². The van der Waals surface area contributed by atoms with Gasteiger partial charge >= 0.3 is 13.8 Å². The number of ether oxygens (including phenoxy) is 1. The smallest absolute Gasteiger partial charge is 0.465 e. The van der Waals surface area contributed by atoms with Crippen molar-refractivity contribution < 1.29 is 32.5 Å². The molecule has 0 aromatic rings. The summed E-state index contributed by atoms with van der Waals surface area (Å²) in [5.74, 6) is -0.293. The van der Waals surface area contributed by atoms with Crippen LogP contribution in [0.1, 0.15) is 129 Å². The van der Waals surface area contributed by atoms with Crippen LogP contribution in [0.2, 0.25) is 0 Å². The van der Waals surface area contributed by atoms with E-state index in [1.54, 1.807) is 6.92 Å². The van der Waals surface area contributed by atoms with E-state index in [0.29, 0.717) is 36.9 Å². The first-order valence-corrected chi connectivity index (χ1v) is 16.7. The Labute approximate surface area is 228 Å². The molecule has 0 aromatic heterocycles. The molecule has 1 saturated carbocycles. The molecule has 0 amide bonds. The molecular weight excluding hydrogens is 489 g/mol. The predicted molar refractivity (Wildman–Crippen MR) is 151 cm³/mol. The maximum absolute atomic E-state index is 13.1. The lowest BCUT2D eigenvalue weighted by Gasteiger charge is -2.33. The Balaban J connectivity index is 2.40. The third-order valence-electron chi connectivity index (χ3n) is 7.64. The van der Waals surface area contributed by atoms with E-state index in [1.807, 2.05) is 21.1 Å². The van der Waals surface area contributed by atoms with E-state index in [-0.39, 0.29) is 12.6 Å². The molecule has 7 nitrogen and oxygen atoms in total. The van der Waals surface area contributed by atoms with Gasteiger partial charge in [0.25, 0.3) is 0 Å². The molecule has 0 aromatic carbocycles. The summed E-state index contributed by atoms with van der Waals surface area (Å²) in [6.07, 6.45) is 19.9. The summed E-state index contributed by atoms with van der Waals surface area (Å²) in [6, 6.07) is 0. The summed E-state index contributed by atoms with van der Waals surface area (Å²) in [6.45, 7) is 5.06. The lowest BCUT2D eigenvalue weighted by Crippen LogP contribution is -2.41. The SMILES string of the molecule is CCCCCCCCCCCCCCCC[C@@]1(C(=O)OCC)CCC[C@H]1OP(=O)(O)OCC[N+](C)(C)C. The van der Waals surface area contributed by atoms with Gasteiger partial charge in [-0.2, -0.15) is 0 Å². The standard InChI is InChI=1S/C29H58NO6P/c1-6-8-9-10-11-12-13-14-15-16-17-18-19-20-23-29(28(31)34-7-2)24-21-22-27(29)36-37(32,33)35-26-25-30(3,4)5/h27H,6-26H2,1-5H3/p+1/t27-,29-/m1/s1. The summed E-state index contributed by atoms with van der Waals surface area (Å²) >= 11 is 0. The van der Waals surface area contributed by atoms with Gasteiger partial charge in [-0.25, -0.2) is 4.57 Å². The number of phosphoric acid groups is 1. The average molecular weight is 549 g/mol. The van der Waals surface area contributed by atoms with Crippen LogP contribution in [0.4, 0.5) is 0 Å². The lowest BCUT2D eigenvalue weighted by atomic mass is 9.79. The van der Waals surface area contributed by atoms with E-state index in [9.17, 15) is 14.3 Å². The lowest BCUT2D eigenvalue weighted by molar-refractivity contribution is -0.870. The molecule has 1 unspecified atom stereocenters. The zero-order valence-corrected chi connectivity index (χ0v) is 25.7. The Morgan fingerprint density at radius 3 is 1.89 bits per heavy atom. The summed E-state index contributed by atoms with van der Waals surface area (Å²) in [7, 11) is 1.72. The number of unbranched alkanes of at least 4 members (excludes halogenated alkanes) is 13. The molecule has 0 spiro atoms. The van der Waals surface area contributed by atoms with Crippen LogP contribution in [0, 0.1) is 5.41 Å². The van der Waals surface area contributed by atoms with Gasteiger partial charge in [0.1, 0.15) is 13.2 Å². The second-order valence-electron chi connectivity index (χ2n) is 12.0. The highest BCUT2D eigenvalue weighted by Gasteiger charge is 2.52. The largest absolute Gasteiger partial charge is 0.472 e. The van der Waals surface area contributed by atoms with Gasteiger partial charge in [0.05, 0.1) is 39.3 Å². The molecule has 0 aliphatic heterocycles. The Bertz CT molecular complexity index is 653. The summed E-state index contributed by atoms with van der Waals surface area (Å²) in [5.41, 5.74) is -0.852. The topological polar surface area (TPSA) is 82.1 Å². The first kappa shape index (κ1) is 34.6. The van der Waals surface area contributed by atoms with Crippen LogP contribution in [-0.2, 0) is 23.1 Å². The normalized spacial score (nSPS) is 21.7. The number of likely N-dealkylation sites (N-methyl/N-ethyl adjacent to an activating group) is 1. The molecule has 220 valence electrons. The third-order valence-corrected chi connectivity index (χ3v) is 8.67. The molecule has 0 heterocycles. The maximum atomic E-state index is 13.1. The van der Waals surface area contributed by atoms with Crippen LogP contribution in [0.5, 0.6) is 0 Å². The quantitative estimate of drug-likeness (QED) is 0.0607. The van der Waals surface area contributed by atoms with Crippen LogP contribution < -0.4 is 0 Å². The number of esters is 1. The number of hydrogen-bond acceptors (Lipinski definition) is 5. The van der Waals surface area contributed by atoms with Gasteiger partial charge in [0, 0.05) is 0 Å². The number of carbonyl (C=O) groups is 1. The van der Waals surface area contributed by atoms with E-state index >= 15 is 0 Å². The fourth-order valence-electron chi connectivity index (χ4n) is 5.35. The van der Waals surface area contributed by atoms with Gasteiger partial charge in [0.15, 0.2) is 0 Å². The molecule has 3 atom stereocenters. The number of carbonyl (C=O) groups excluding carboxylic acids is 1. The van der Waals surface area contributed by atoms with Gasteiger partial charge in [-0.3, -0.25) is 13.8 Å². The fourth-order valence-corrected chi connectivity index (χ4v) is 6.35. The molecule has 8 heteroatoms. The third kappa shape index (κ3) is 15.1. The molecular formula is C29H59NO6P+. The van der Waals surface area contributed by atoms with Crippen molar-refractivity contribution in [2.45, 2.75) is 136 Å². The predicted octanol–water partition coefficient (Wildman–Crippen LogP) is 7.80. The minimum atomic E-state index is -4.26. The van der Waals surface area contributed by atoms with Crippen LogP contribution in [0.3, 0.4) is 0 Å². The van der Waals surface area contributed by atoms with Crippen molar-refractivity contribution in [1.29, 1.82) is 0 Å². The monoisotopic (exact) mass is 548 g/mol. The number of quaternary nitrogens is 1. The molecule has 1 N–H and O–H groups in total. The average Bonchev–Trinajstić information content (AvgIpc) is 3.21. The first-order valence-electron chi connectivity index (χ1n) is 15.2. The molecule has 1 fully saturated rings. The molecule has 1 aliphatic carbocycles. The van der Waals surface area contributed by atoms with Crippen LogP contribution >= 0.6 is 7.82 Å². The van der Waals surface area contributed by atoms with Crippen molar-refractivity contribution in [2.75, 3.05) is 40.9 Å². The molecule has 0 bridgehead atoms. The summed E-state index contributed by atoms with van der Waals surface area (Å²) in [4.78, 5) is 23.4. The van der Waals surface area contributed by atoms with Crippen molar-refractivity contribution >= 4 is 13.8 Å². The van der Waals surface area contributed by atoms with Crippen molar-refractivity contribution in [2.24, 2.45) is 5.41 Å². The Morgan fingerprint density at radius 2 is 1.41 bits per heavy atom.